The van der Waals surface area contributed by atoms with Gasteiger partial charge in [-0.3, -0.25) is 14.4 Å². The average molecular weight is 348 g/mol. The molecule has 0 aromatic heterocycles. The van der Waals surface area contributed by atoms with Crippen molar-refractivity contribution in [3.8, 4) is 0 Å². The van der Waals surface area contributed by atoms with Crippen LogP contribution >= 0.6 is 0 Å². The summed E-state index contributed by atoms with van der Waals surface area (Å²) in [5.74, 6) is 0.963. The third-order valence-corrected chi connectivity index (χ3v) is 6.80. The molecule has 138 valence electrons. The van der Waals surface area contributed by atoms with Crippen molar-refractivity contribution in [3.05, 3.63) is 0 Å². The zero-order chi connectivity index (χ0) is 17.6. The van der Waals surface area contributed by atoms with E-state index in [0.29, 0.717) is 24.9 Å². The van der Waals surface area contributed by atoms with E-state index in [1.807, 2.05) is 4.90 Å². The van der Waals surface area contributed by atoms with Crippen LogP contribution in [0, 0.1) is 29.6 Å². The molecule has 4 rings (SSSR count). The highest BCUT2D eigenvalue weighted by atomic mass is 16.5. The molecule has 4 atom stereocenters. The van der Waals surface area contributed by atoms with Gasteiger partial charge in [0.15, 0.2) is 0 Å². The molecule has 4 fully saturated rings. The maximum absolute atomic E-state index is 12.7. The highest BCUT2D eigenvalue weighted by molar-refractivity contribution is 5.83. The number of methoxy groups -OCH3 is 1. The largest absolute Gasteiger partial charge is 0.469 e. The SMILES string of the molecule is COC(=O)[C@@H]1[C@H]2CC[C@@H](C2)[C@H]1NC(=O)C1CCN(C(=O)C2CC2)CC1. The third-order valence-electron chi connectivity index (χ3n) is 6.80. The Bertz CT molecular complexity index is 566. The molecule has 2 bridgehead atoms. The van der Waals surface area contributed by atoms with E-state index in [0.717, 1.165) is 44.9 Å². The van der Waals surface area contributed by atoms with Crippen molar-refractivity contribution >= 4 is 17.8 Å². The van der Waals surface area contributed by atoms with Gasteiger partial charge in [-0.15, -0.1) is 0 Å². The summed E-state index contributed by atoms with van der Waals surface area (Å²) in [5.41, 5.74) is 0. The van der Waals surface area contributed by atoms with Gasteiger partial charge in [-0.2, -0.15) is 0 Å². The van der Waals surface area contributed by atoms with Crippen LogP contribution < -0.4 is 5.32 Å². The maximum Gasteiger partial charge on any atom is 0.311 e. The molecule has 4 aliphatic rings. The molecule has 1 aliphatic heterocycles. The summed E-state index contributed by atoms with van der Waals surface area (Å²) in [6.45, 7) is 1.37. The summed E-state index contributed by atoms with van der Waals surface area (Å²) in [5, 5.41) is 3.18. The van der Waals surface area contributed by atoms with Crippen LogP contribution in [0.4, 0.5) is 0 Å². The first kappa shape index (κ1) is 16.9. The van der Waals surface area contributed by atoms with Crippen molar-refractivity contribution in [2.24, 2.45) is 29.6 Å². The number of amides is 2. The normalized spacial score (nSPS) is 34.8. The molecular formula is C19H28N2O4. The Morgan fingerprint density at radius 1 is 0.920 bits per heavy atom. The molecule has 2 amide bonds. The van der Waals surface area contributed by atoms with E-state index < -0.39 is 0 Å². The van der Waals surface area contributed by atoms with Crippen molar-refractivity contribution in [1.82, 2.24) is 10.2 Å². The fourth-order valence-corrected chi connectivity index (χ4v) is 5.21. The number of nitrogens with one attached hydrogen (secondary N) is 1. The molecule has 6 nitrogen and oxygen atoms in total. The van der Waals surface area contributed by atoms with Crippen molar-refractivity contribution in [2.45, 2.75) is 51.0 Å². The predicted molar refractivity (Wildman–Crippen MR) is 90.3 cm³/mol. The Labute approximate surface area is 148 Å². The fraction of sp³-hybridized carbons (Fsp3) is 0.842. The number of fused-ring (bicyclic) bond motifs is 2. The van der Waals surface area contributed by atoms with Gasteiger partial charge in [-0.25, -0.2) is 0 Å². The Balaban J connectivity index is 1.32. The van der Waals surface area contributed by atoms with E-state index in [4.69, 9.17) is 4.74 Å². The minimum Gasteiger partial charge on any atom is -0.469 e. The lowest BCUT2D eigenvalue weighted by Gasteiger charge is -2.34. The smallest absolute Gasteiger partial charge is 0.311 e. The number of hydrogen-bond acceptors (Lipinski definition) is 4. The fourth-order valence-electron chi connectivity index (χ4n) is 5.21. The van der Waals surface area contributed by atoms with Crippen LogP contribution in [0.2, 0.25) is 0 Å². The van der Waals surface area contributed by atoms with Gasteiger partial charge < -0.3 is 15.0 Å². The lowest BCUT2D eigenvalue weighted by Crippen LogP contribution is -2.50. The molecular weight excluding hydrogens is 320 g/mol. The number of carbonyl (C=O) groups excluding carboxylic acids is 3. The molecule has 0 unspecified atom stereocenters. The molecule has 1 saturated heterocycles. The minimum atomic E-state index is -0.178. The van der Waals surface area contributed by atoms with E-state index in [1.165, 1.54) is 7.11 Å². The highest BCUT2D eigenvalue weighted by Gasteiger charge is 2.52. The van der Waals surface area contributed by atoms with Gasteiger partial charge in [-0.05, 0) is 56.8 Å². The van der Waals surface area contributed by atoms with E-state index in [1.54, 1.807) is 0 Å². The molecule has 3 aliphatic carbocycles. The summed E-state index contributed by atoms with van der Waals surface area (Å²) >= 11 is 0. The number of nitrogens with zero attached hydrogens (tertiary/aromatic N) is 1. The van der Waals surface area contributed by atoms with E-state index in [2.05, 4.69) is 5.32 Å². The number of carbonyl (C=O) groups is 3. The molecule has 0 radical (unpaired) electrons. The number of ether oxygens (including phenoxy) is 1. The number of hydrogen-bond donors (Lipinski definition) is 1. The van der Waals surface area contributed by atoms with Crippen molar-refractivity contribution < 1.29 is 19.1 Å². The summed E-state index contributed by atoms with van der Waals surface area (Å²) in [7, 11) is 1.43. The Kier molecular flexibility index (Phi) is 4.46. The third kappa shape index (κ3) is 3.15. The van der Waals surface area contributed by atoms with E-state index >= 15 is 0 Å². The second kappa shape index (κ2) is 6.61. The Morgan fingerprint density at radius 2 is 1.60 bits per heavy atom. The first-order chi connectivity index (χ1) is 12.1. The second-order valence-corrected chi connectivity index (χ2v) is 8.29. The molecule has 1 N–H and O–H groups in total. The van der Waals surface area contributed by atoms with Crippen LogP contribution in [0.5, 0.6) is 0 Å². The molecule has 6 heteroatoms. The summed E-state index contributed by atoms with van der Waals surface area (Å²) in [6, 6.07) is -0.0650. The van der Waals surface area contributed by atoms with Gasteiger partial charge in [0.2, 0.25) is 11.8 Å². The molecule has 3 saturated carbocycles. The average Bonchev–Trinajstić information content (AvgIpc) is 3.30. The predicted octanol–water partition coefficient (Wildman–Crippen LogP) is 1.34. The van der Waals surface area contributed by atoms with Crippen molar-refractivity contribution in [2.75, 3.05) is 20.2 Å². The second-order valence-electron chi connectivity index (χ2n) is 8.29. The zero-order valence-corrected chi connectivity index (χ0v) is 14.9. The van der Waals surface area contributed by atoms with Gasteiger partial charge in [0.1, 0.15) is 0 Å². The number of rotatable bonds is 4. The van der Waals surface area contributed by atoms with Gasteiger partial charge in [0.05, 0.1) is 13.0 Å². The highest BCUT2D eigenvalue weighted by Crippen LogP contribution is 2.49. The van der Waals surface area contributed by atoms with Crippen LogP contribution in [0.15, 0.2) is 0 Å². The van der Waals surface area contributed by atoms with Crippen LogP contribution in [0.3, 0.4) is 0 Å². The minimum absolute atomic E-state index is 0.0410. The van der Waals surface area contributed by atoms with Crippen molar-refractivity contribution in [3.63, 3.8) is 0 Å². The maximum atomic E-state index is 12.7. The number of likely N-dealkylation sites (tertiary alicyclic amines) is 1. The molecule has 25 heavy (non-hydrogen) atoms. The van der Waals surface area contributed by atoms with Gasteiger partial charge in [0.25, 0.3) is 0 Å². The van der Waals surface area contributed by atoms with Gasteiger partial charge in [-0.1, -0.05) is 0 Å². The monoisotopic (exact) mass is 348 g/mol. The number of piperidine rings is 1. The van der Waals surface area contributed by atoms with Crippen LogP contribution in [-0.2, 0) is 19.1 Å². The molecule has 0 aromatic carbocycles. The molecule has 1 heterocycles. The number of esters is 1. The van der Waals surface area contributed by atoms with E-state index in [9.17, 15) is 14.4 Å². The quantitative estimate of drug-likeness (QED) is 0.778. The topological polar surface area (TPSA) is 75.7 Å². The van der Waals surface area contributed by atoms with Crippen LogP contribution in [0.25, 0.3) is 0 Å². The van der Waals surface area contributed by atoms with Crippen LogP contribution in [0.1, 0.15) is 44.9 Å². The molecule has 0 spiro atoms. The summed E-state index contributed by atoms with van der Waals surface area (Å²) in [4.78, 5) is 38.9. The van der Waals surface area contributed by atoms with Crippen molar-refractivity contribution in [1.29, 1.82) is 0 Å². The Morgan fingerprint density at radius 3 is 2.24 bits per heavy atom. The van der Waals surface area contributed by atoms with E-state index in [-0.39, 0.29) is 41.6 Å². The Hall–Kier alpha value is -1.59. The first-order valence-corrected chi connectivity index (χ1v) is 9.75. The summed E-state index contributed by atoms with van der Waals surface area (Å²) < 4.78 is 4.98. The lowest BCUT2D eigenvalue weighted by atomic mass is 9.83. The molecule has 0 aromatic rings. The van der Waals surface area contributed by atoms with Gasteiger partial charge >= 0.3 is 5.97 Å². The van der Waals surface area contributed by atoms with Gasteiger partial charge in [0, 0.05) is 31.0 Å². The summed E-state index contributed by atoms with van der Waals surface area (Å²) in [6.07, 6.45) is 6.70. The first-order valence-electron chi connectivity index (χ1n) is 9.75. The lowest BCUT2D eigenvalue weighted by molar-refractivity contribution is -0.149. The van der Waals surface area contributed by atoms with Crippen LogP contribution in [-0.4, -0.2) is 48.9 Å². The zero-order valence-electron chi connectivity index (χ0n) is 14.9. The standard InChI is InChI=1S/C19H28N2O4/c1-25-19(24)15-13-4-5-14(10-13)16(15)20-17(22)11-6-8-21(9-7-11)18(23)12-2-3-12/h11-16H,2-10H2,1H3,(H,20,22)/t13-,14-,15+,16+/m0/s1.